The summed E-state index contributed by atoms with van der Waals surface area (Å²) in [5, 5.41) is 17.1. The highest BCUT2D eigenvalue weighted by molar-refractivity contribution is 6.13. The molecular formula is C23H19FN6O2. The maximum absolute atomic E-state index is 15.1. The van der Waals surface area contributed by atoms with Crippen molar-refractivity contribution in [1.82, 2.24) is 30.0 Å². The highest BCUT2D eigenvalue weighted by Crippen LogP contribution is 2.36. The molecular weight excluding hydrogens is 411 g/mol. The van der Waals surface area contributed by atoms with Crippen molar-refractivity contribution in [2.45, 2.75) is 0 Å². The number of aryl methyl sites for hydroxylation is 1. The zero-order valence-corrected chi connectivity index (χ0v) is 17.1. The van der Waals surface area contributed by atoms with Crippen LogP contribution in [-0.2, 0) is 7.05 Å². The average molecular weight is 430 g/mol. The number of aromatic amines is 1. The van der Waals surface area contributed by atoms with E-state index in [1.807, 2.05) is 19.3 Å². The normalized spacial score (nSPS) is 11.3. The predicted molar refractivity (Wildman–Crippen MR) is 118 cm³/mol. The summed E-state index contributed by atoms with van der Waals surface area (Å²) < 4.78 is 16.7. The van der Waals surface area contributed by atoms with Gasteiger partial charge in [-0.3, -0.25) is 14.5 Å². The molecule has 1 aromatic carbocycles. The van der Waals surface area contributed by atoms with Gasteiger partial charge in [0.15, 0.2) is 0 Å². The lowest BCUT2D eigenvalue weighted by atomic mass is 9.99. The van der Waals surface area contributed by atoms with Gasteiger partial charge < -0.3 is 15.4 Å². The Morgan fingerprint density at radius 2 is 1.97 bits per heavy atom. The summed E-state index contributed by atoms with van der Waals surface area (Å²) in [4.78, 5) is 24.0. The minimum atomic E-state index is -0.462. The van der Waals surface area contributed by atoms with E-state index in [0.29, 0.717) is 27.7 Å². The van der Waals surface area contributed by atoms with Crippen molar-refractivity contribution >= 4 is 27.8 Å². The highest BCUT2D eigenvalue weighted by atomic mass is 19.1. The molecule has 0 radical (unpaired) electrons. The first-order chi connectivity index (χ1) is 15.5. The second-order valence-electron chi connectivity index (χ2n) is 7.40. The molecule has 3 N–H and O–H groups in total. The molecule has 0 aliphatic heterocycles. The van der Waals surface area contributed by atoms with Gasteiger partial charge in [-0.1, -0.05) is 12.1 Å². The first kappa shape index (κ1) is 19.8. The molecule has 1 amide bonds. The van der Waals surface area contributed by atoms with E-state index in [0.717, 1.165) is 22.2 Å². The number of hydrogen-bond donors (Lipinski definition) is 3. The first-order valence-corrected chi connectivity index (χ1v) is 9.99. The Kier molecular flexibility index (Phi) is 4.87. The van der Waals surface area contributed by atoms with Gasteiger partial charge in [-0.25, -0.2) is 9.37 Å². The topological polar surface area (TPSA) is 109 Å². The van der Waals surface area contributed by atoms with Gasteiger partial charge in [0.05, 0.1) is 36.4 Å². The number of hydrogen-bond acceptors (Lipinski definition) is 5. The van der Waals surface area contributed by atoms with Gasteiger partial charge in [-0.2, -0.15) is 5.10 Å². The molecule has 32 heavy (non-hydrogen) atoms. The van der Waals surface area contributed by atoms with Crippen LogP contribution in [0.15, 0.2) is 55.1 Å². The summed E-state index contributed by atoms with van der Waals surface area (Å²) in [6, 6.07) is 8.56. The first-order valence-electron chi connectivity index (χ1n) is 9.99. The Bertz CT molecular complexity index is 1460. The van der Waals surface area contributed by atoms with Gasteiger partial charge in [-0.05, 0) is 23.8 Å². The number of pyridine rings is 2. The molecule has 5 rings (SSSR count). The Labute approximate surface area is 181 Å². The van der Waals surface area contributed by atoms with Crippen molar-refractivity contribution in [3.05, 3.63) is 66.5 Å². The van der Waals surface area contributed by atoms with Crippen LogP contribution < -0.4 is 5.32 Å². The SMILES string of the molecule is Cn1cc(-c2cc3c(cn2)[nH]c2ncc(F)c(-c4ccc(C(=O)NCCO)cc4)c23)cn1. The van der Waals surface area contributed by atoms with Gasteiger partial charge in [0, 0.05) is 47.3 Å². The second kappa shape index (κ2) is 7.86. The zero-order valence-electron chi connectivity index (χ0n) is 17.1. The van der Waals surface area contributed by atoms with Crippen LogP contribution in [0.4, 0.5) is 4.39 Å². The number of halogens is 1. The van der Waals surface area contributed by atoms with E-state index in [4.69, 9.17) is 5.11 Å². The van der Waals surface area contributed by atoms with Crippen molar-refractivity contribution in [1.29, 1.82) is 0 Å². The number of aromatic nitrogens is 5. The van der Waals surface area contributed by atoms with Crippen LogP contribution in [-0.4, -0.2) is 48.9 Å². The molecule has 0 saturated heterocycles. The van der Waals surface area contributed by atoms with Crippen LogP contribution in [0.1, 0.15) is 10.4 Å². The number of nitrogens with one attached hydrogen (secondary N) is 2. The summed E-state index contributed by atoms with van der Waals surface area (Å²) in [7, 11) is 1.83. The van der Waals surface area contributed by atoms with E-state index in [-0.39, 0.29) is 19.1 Å². The summed E-state index contributed by atoms with van der Waals surface area (Å²) in [5.74, 6) is -0.763. The number of rotatable bonds is 5. The molecule has 0 unspecified atom stereocenters. The zero-order chi connectivity index (χ0) is 22.2. The predicted octanol–water partition coefficient (Wildman–Crippen LogP) is 3.04. The number of carbonyl (C=O) groups excluding carboxylic acids is 1. The maximum Gasteiger partial charge on any atom is 0.251 e. The maximum atomic E-state index is 15.1. The van der Waals surface area contributed by atoms with E-state index in [1.165, 1.54) is 6.20 Å². The largest absolute Gasteiger partial charge is 0.395 e. The lowest BCUT2D eigenvalue weighted by Gasteiger charge is -2.08. The third-order valence-corrected chi connectivity index (χ3v) is 5.29. The van der Waals surface area contributed by atoms with Crippen LogP contribution >= 0.6 is 0 Å². The molecule has 0 spiro atoms. The van der Waals surface area contributed by atoms with Gasteiger partial charge in [0.2, 0.25) is 0 Å². The highest BCUT2D eigenvalue weighted by Gasteiger charge is 2.18. The molecule has 0 saturated carbocycles. The fourth-order valence-corrected chi connectivity index (χ4v) is 3.79. The third kappa shape index (κ3) is 3.38. The minimum absolute atomic E-state index is 0.138. The Balaban J connectivity index is 1.65. The number of amides is 1. The van der Waals surface area contributed by atoms with Crippen LogP contribution in [0.3, 0.4) is 0 Å². The van der Waals surface area contributed by atoms with Gasteiger partial charge in [-0.15, -0.1) is 0 Å². The molecule has 160 valence electrons. The van der Waals surface area contributed by atoms with Crippen molar-refractivity contribution in [3.63, 3.8) is 0 Å². The van der Waals surface area contributed by atoms with Crippen molar-refractivity contribution in [3.8, 4) is 22.4 Å². The Morgan fingerprint density at radius 1 is 1.16 bits per heavy atom. The molecule has 0 aliphatic rings. The van der Waals surface area contributed by atoms with E-state index >= 15 is 4.39 Å². The smallest absolute Gasteiger partial charge is 0.251 e. The number of aliphatic hydroxyl groups is 1. The molecule has 0 fully saturated rings. The Hall–Kier alpha value is -4.11. The molecule has 4 heterocycles. The summed E-state index contributed by atoms with van der Waals surface area (Å²) >= 11 is 0. The fourth-order valence-electron chi connectivity index (χ4n) is 3.79. The average Bonchev–Trinajstić information content (AvgIpc) is 3.40. The number of fused-ring (bicyclic) bond motifs is 3. The van der Waals surface area contributed by atoms with Crippen molar-refractivity contribution < 1.29 is 14.3 Å². The quantitative estimate of drug-likeness (QED) is 0.397. The lowest BCUT2D eigenvalue weighted by molar-refractivity contribution is 0.0945. The lowest BCUT2D eigenvalue weighted by Crippen LogP contribution is -2.26. The van der Waals surface area contributed by atoms with Crippen LogP contribution in [0.25, 0.3) is 44.3 Å². The summed E-state index contributed by atoms with van der Waals surface area (Å²) in [6.45, 7) is 0.0311. The van der Waals surface area contributed by atoms with Crippen molar-refractivity contribution in [2.24, 2.45) is 7.05 Å². The third-order valence-electron chi connectivity index (χ3n) is 5.29. The number of aliphatic hydroxyl groups excluding tert-OH is 1. The van der Waals surface area contributed by atoms with Crippen molar-refractivity contribution in [2.75, 3.05) is 13.2 Å². The number of benzene rings is 1. The minimum Gasteiger partial charge on any atom is -0.395 e. The van der Waals surface area contributed by atoms with Crippen LogP contribution in [0.2, 0.25) is 0 Å². The van der Waals surface area contributed by atoms with E-state index < -0.39 is 5.82 Å². The standard InChI is InChI=1S/C23H19FN6O2/c1-30-12-15(9-28-30)18-8-16-19(11-26-18)29-22-21(16)20(17(24)10-27-22)13-2-4-14(5-3-13)23(32)25-6-7-31/h2-5,8-12,31H,6-7H2,1H3,(H,25,32)(H,27,29). The molecule has 0 bridgehead atoms. The molecule has 8 nitrogen and oxygen atoms in total. The van der Waals surface area contributed by atoms with Gasteiger partial charge in [0.1, 0.15) is 11.5 Å². The molecule has 5 aromatic rings. The van der Waals surface area contributed by atoms with Crippen LogP contribution in [0, 0.1) is 5.82 Å². The molecule has 0 atom stereocenters. The number of carbonyl (C=O) groups is 1. The van der Waals surface area contributed by atoms with Crippen LogP contribution in [0.5, 0.6) is 0 Å². The molecule has 4 aromatic heterocycles. The number of nitrogens with zero attached hydrogens (tertiary/aromatic N) is 4. The van der Waals surface area contributed by atoms with E-state index in [2.05, 4.69) is 25.4 Å². The van der Waals surface area contributed by atoms with E-state index in [9.17, 15) is 4.79 Å². The summed E-state index contributed by atoms with van der Waals surface area (Å²) in [5.41, 5.74) is 4.31. The monoisotopic (exact) mass is 430 g/mol. The second-order valence-corrected chi connectivity index (χ2v) is 7.40. The molecule has 9 heteroatoms. The van der Waals surface area contributed by atoms with Gasteiger partial charge in [0.25, 0.3) is 5.91 Å². The Morgan fingerprint density at radius 3 is 2.69 bits per heavy atom. The van der Waals surface area contributed by atoms with Gasteiger partial charge >= 0.3 is 0 Å². The molecule has 0 aliphatic carbocycles. The van der Waals surface area contributed by atoms with E-state index in [1.54, 1.807) is 41.3 Å². The fraction of sp³-hybridized carbons (Fsp3) is 0.130. The number of H-pyrrole nitrogens is 1. The summed E-state index contributed by atoms with van der Waals surface area (Å²) in [6.07, 6.45) is 6.48.